The van der Waals surface area contributed by atoms with Crippen molar-refractivity contribution in [1.82, 2.24) is 24.6 Å². The number of likely N-dealkylation sites (tertiary alicyclic amines) is 2. The molecule has 0 unspecified atom stereocenters. The smallest absolute Gasteiger partial charge is 0.170 e. The molecule has 0 saturated carbocycles. The summed E-state index contributed by atoms with van der Waals surface area (Å²) in [6.45, 7) is 16.1. The van der Waals surface area contributed by atoms with Gasteiger partial charge in [-0.2, -0.15) is 0 Å². The van der Waals surface area contributed by atoms with Crippen LogP contribution < -0.4 is 5.73 Å². The molecule has 196 valence electrons. The number of anilines is 1. The van der Waals surface area contributed by atoms with Gasteiger partial charge in [-0.05, 0) is 80.9 Å². The van der Waals surface area contributed by atoms with Crippen LogP contribution in [0.2, 0.25) is 0 Å². The summed E-state index contributed by atoms with van der Waals surface area (Å²) in [5, 5.41) is 19.1. The highest BCUT2D eigenvalue weighted by atomic mass is 16.3. The van der Waals surface area contributed by atoms with Crippen LogP contribution in [-0.4, -0.2) is 55.8 Å². The molecule has 0 radical (unpaired) electrons. The Hall–Kier alpha value is -3.32. The maximum Gasteiger partial charge on any atom is 0.170 e. The van der Waals surface area contributed by atoms with E-state index in [1.54, 1.807) is 6.07 Å². The summed E-state index contributed by atoms with van der Waals surface area (Å²) in [5.41, 5.74) is 12.1. The standard InChI is InChI=1S/C30H40N6O/c1-20(2)26-17-27(28(31)18-29(26)37)30-33-32-22(4)36(30)25-9-7-23(8-10-25)19-34-15-11-24(12-16-34)21(3)35-13-5-6-14-35/h7-10,17-18,20,24,37H,3,5-6,11-16,19,31H2,1-2,4H3. The van der Waals surface area contributed by atoms with Crippen molar-refractivity contribution in [2.24, 2.45) is 5.92 Å². The number of hydrogen-bond donors (Lipinski definition) is 2. The molecule has 3 aromatic rings. The number of aryl methyl sites for hydroxylation is 1. The van der Waals surface area contributed by atoms with Crippen LogP contribution in [0.1, 0.15) is 62.4 Å². The fourth-order valence-electron chi connectivity index (χ4n) is 5.82. The first-order valence-corrected chi connectivity index (χ1v) is 13.6. The van der Waals surface area contributed by atoms with E-state index in [0.29, 0.717) is 17.4 Å². The summed E-state index contributed by atoms with van der Waals surface area (Å²) in [5.74, 6) is 2.49. The molecule has 1 aromatic heterocycles. The molecular weight excluding hydrogens is 460 g/mol. The molecule has 3 N–H and O–H groups in total. The lowest BCUT2D eigenvalue weighted by Crippen LogP contribution is -2.36. The number of nitrogen functional groups attached to an aromatic ring is 1. The second kappa shape index (κ2) is 10.6. The molecule has 2 aromatic carbocycles. The Morgan fingerprint density at radius 1 is 1.05 bits per heavy atom. The van der Waals surface area contributed by atoms with Gasteiger partial charge in [0, 0.05) is 54.3 Å². The minimum atomic E-state index is 0.166. The van der Waals surface area contributed by atoms with E-state index in [1.165, 1.54) is 50.0 Å². The summed E-state index contributed by atoms with van der Waals surface area (Å²) in [4.78, 5) is 5.07. The monoisotopic (exact) mass is 500 g/mol. The predicted molar refractivity (Wildman–Crippen MR) is 150 cm³/mol. The van der Waals surface area contributed by atoms with Gasteiger partial charge < -0.3 is 15.7 Å². The van der Waals surface area contributed by atoms with Gasteiger partial charge in [-0.1, -0.05) is 32.6 Å². The molecule has 0 bridgehead atoms. The van der Waals surface area contributed by atoms with Gasteiger partial charge in [0.25, 0.3) is 0 Å². The van der Waals surface area contributed by atoms with Gasteiger partial charge in [-0.3, -0.25) is 9.47 Å². The zero-order valence-electron chi connectivity index (χ0n) is 22.5. The fourth-order valence-corrected chi connectivity index (χ4v) is 5.82. The van der Waals surface area contributed by atoms with Gasteiger partial charge in [-0.15, -0.1) is 10.2 Å². The molecule has 2 saturated heterocycles. The summed E-state index contributed by atoms with van der Waals surface area (Å²) in [6.07, 6.45) is 5.02. The zero-order chi connectivity index (χ0) is 26.1. The van der Waals surface area contributed by atoms with Gasteiger partial charge >= 0.3 is 0 Å². The third kappa shape index (κ3) is 5.23. The first-order valence-electron chi connectivity index (χ1n) is 13.6. The summed E-state index contributed by atoms with van der Waals surface area (Å²) in [7, 11) is 0. The molecule has 2 aliphatic heterocycles. The van der Waals surface area contributed by atoms with Gasteiger partial charge in [0.15, 0.2) is 5.82 Å². The highest BCUT2D eigenvalue weighted by molar-refractivity contribution is 5.76. The van der Waals surface area contributed by atoms with Crippen molar-refractivity contribution in [2.45, 2.75) is 58.9 Å². The molecule has 0 atom stereocenters. The molecular formula is C30H40N6O. The number of nitrogens with two attached hydrogens (primary N) is 1. The maximum absolute atomic E-state index is 10.3. The Morgan fingerprint density at radius 3 is 2.38 bits per heavy atom. The Kier molecular flexibility index (Phi) is 7.24. The number of phenols is 1. The van der Waals surface area contributed by atoms with Crippen molar-refractivity contribution in [3.05, 3.63) is 65.6 Å². The van der Waals surface area contributed by atoms with Crippen molar-refractivity contribution in [3.8, 4) is 22.8 Å². The van der Waals surface area contributed by atoms with Crippen LogP contribution in [0.4, 0.5) is 5.69 Å². The second-order valence-electron chi connectivity index (χ2n) is 11.0. The molecule has 5 rings (SSSR count). The van der Waals surface area contributed by atoms with E-state index >= 15 is 0 Å². The van der Waals surface area contributed by atoms with Crippen LogP contribution in [-0.2, 0) is 6.54 Å². The zero-order valence-corrected chi connectivity index (χ0v) is 22.5. The quantitative estimate of drug-likeness (QED) is 0.418. The van der Waals surface area contributed by atoms with Crippen LogP contribution in [0.25, 0.3) is 17.1 Å². The van der Waals surface area contributed by atoms with Gasteiger partial charge in [0.1, 0.15) is 11.6 Å². The number of aromatic hydroxyl groups is 1. The van der Waals surface area contributed by atoms with Crippen molar-refractivity contribution in [3.63, 3.8) is 0 Å². The van der Waals surface area contributed by atoms with E-state index in [2.05, 4.69) is 64.7 Å². The lowest BCUT2D eigenvalue weighted by Gasteiger charge is -2.36. The highest BCUT2D eigenvalue weighted by Gasteiger charge is 2.26. The Balaban J connectivity index is 1.28. The maximum atomic E-state index is 10.3. The Morgan fingerprint density at radius 2 is 1.73 bits per heavy atom. The third-order valence-corrected chi connectivity index (χ3v) is 8.06. The highest BCUT2D eigenvalue weighted by Crippen LogP contribution is 2.36. The molecule has 2 fully saturated rings. The van der Waals surface area contributed by atoms with Gasteiger partial charge in [0.05, 0.1) is 0 Å². The number of phenolic OH excluding ortho intramolecular Hbond substituents is 1. The van der Waals surface area contributed by atoms with Crippen LogP contribution >= 0.6 is 0 Å². The van der Waals surface area contributed by atoms with Crippen LogP contribution in [0.3, 0.4) is 0 Å². The van der Waals surface area contributed by atoms with E-state index in [4.69, 9.17) is 5.73 Å². The first kappa shape index (κ1) is 25.3. The molecule has 3 heterocycles. The lowest BCUT2D eigenvalue weighted by molar-refractivity contribution is 0.175. The van der Waals surface area contributed by atoms with Crippen LogP contribution in [0.15, 0.2) is 48.7 Å². The average molecular weight is 501 g/mol. The molecule has 7 nitrogen and oxygen atoms in total. The number of benzene rings is 2. The van der Waals surface area contributed by atoms with Crippen molar-refractivity contribution >= 4 is 5.69 Å². The molecule has 0 spiro atoms. The first-order chi connectivity index (χ1) is 17.8. The van der Waals surface area contributed by atoms with Crippen LogP contribution in [0.5, 0.6) is 5.75 Å². The molecule has 0 amide bonds. The second-order valence-corrected chi connectivity index (χ2v) is 11.0. The Labute approximate surface area is 220 Å². The van der Waals surface area contributed by atoms with E-state index in [1.807, 2.05) is 17.6 Å². The number of hydrogen-bond acceptors (Lipinski definition) is 6. The van der Waals surface area contributed by atoms with E-state index in [9.17, 15) is 5.11 Å². The summed E-state index contributed by atoms with van der Waals surface area (Å²) < 4.78 is 2.03. The topological polar surface area (TPSA) is 83.4 Å². The normalized spacial score (nSPS) is 17.1. The minimum Gasteiger partial charge on any atom is -0.508 e. The van der Waals surface area contributed by atoms with Crippen molar-refractivity contribution in [1.29, 1.82) is 0 Å². The minimum absolute atomic E-state index is 0.166. The Bertz CT molecular complexity index is 1250. The summed E-state index contributed by atoms with van der Waals surface area (Å²) in [6, 6.07) is 12.2. The number of nitrogens with zero attached hydrogens (tertiary/aromatic N) is 5. The SMILES string of the molecule is C=C(C1CCN(Cc2ccc(-n3c(C)nnc3-c3cc(C(C)C)c(O)cc3N)cc2)CC1)N1CCCC1. The number of allylic oxidation sites excluding steroid dienone is 1. The average Bonchev–Trinajstić information content (AvgIpc) is 3.55. The van der Waals surface area contributed by atoms with E-state index in [-0.39, 0.29) is 11.7 Å². The fraction of sp³-hybridized carbons (Fsp3) is 0.467. The number of piperidine rings is 1. The molecule has 37 heavy (non-hydrogen) atoms. The molecule has 7 heteroatoms. The largest absolute Gasteiger partial charge is 0.508 e. The van der Waals surface area contributed by atoms with Gasteiger partial charge in [-0.25, -0.2) is 0 Å². The van der Waals surface area contributed by atoms with E-state index < -0.39 is 0 Å². The predicted octanol–water partition coefficient (Wildman–Crippen LogP) is 5.48. The number of aromatic nitrogens is 3. The third-order valence-electron chi connectivity index (χ3n) is 8.06. The molecule has 0 aliphatic carbocycles. The summed E-state index contributed by atoms with van der Waals surface area (Å²) >= 11 is 0. The lowest BCUT2D eigenvalue weighted by atomic mass is 9.93. The van der Waals surface area contributed by atoms with Crippen molar-refractivity contribution in [2.75, 3.05) is 31.9 Å². The van der Waals surface area contributed by atoms with Crippen LogP contribution in [0, 0.1) is 12.8 Å². The van der Waals surface area contributed by atoms with E-state index in [0.717, 1.165) is 42.3 Å². The number of rotatable bonds is 7. The van der Waals surface area contributed by atoms with Gasteiger partial charge in [0.2, 0.25) is 0 Å². The van der Waals surface area contributed by atoms with Crippen molar-refractivity contribution < 1.29 is 5.11 Å². The molecule has 2 aliphatic rings.